The predicted octanol–water partition coefficient (Wildman–Crippen LogP) is 0.803. The first-order valence-electron chi connectivity index (χ1n) is 9.27. The van der Waals surface area contributed by atoms with E-state index >= 15 is 0 Å². The van der Waals surface area contributed by atoms with Gasteiger partial charge in [-0.25, -0.2) is 16.5 Å². The second kappa shape index (κ2) is 7.31. The average Bonchev–Trinajstić information content (AvgIpc) is 3.08. The van der Waals surface area contributed by atoms with Crippen LogP contribution in [0.5, 0.6) is 0 Å². The summed E-state index contributed by atoms with van der Waals surface area (Å²) in [6.07, 6.45) is 7.74. The minimum Gasteiger partial charge on any atom is -0.366 e. The van der Waals surface area contributed by atoms with Gasteiger partial charge in [-0.1, -0.05) is 0 Å². The first kappa shape index (κ1) is 18.0. The molecule has 4 rings (SSSR count). The molecule has 0 spiro atoms. The molecule has 0 aromatic carbocycles. The second-order valence-corrected chi connectivity index (χ2v) is 7.17. The molecule has 2 aromatic heterocycles. The van der Waals surface area contributed by atoms with Crippen LogP contribution < -0.4 is 10.6 Å². The number of nitrogens with one attached hydrogen (secondary N) is 1. The topological polar surface area (TPSA) is 113 Å². The number of aromatic amines is 1. The lowest BCUT2D eigenvalue weighted by atomic mass is 9.79. The Kier molecular flexibility index (Phi) is 4.69. The molecule has 0 radical (unpaired) electrons. The number of anilines is 1. The van der Waals surface area contributed by atoms with Crippen molar-refractivity contribution in [3.63, 3.8) is 0 Å². The third-order valence-electron chi connectivity index (χ3n) is 5.39. The number of nitrogens with zero attached hydrogens (tertiary/aromatic N) is 5. The van der Waals surface area contributed by atoms with E-state index in [1.807, 2.05) is 4.90 Å². The molecular formula is C19H21N7O2. The summed E-state index contributed by atoms with van der Waals surface area (Å²) >= 11 is 0. The lowest BCUT2D eigenvalue weighted by Gasteiger charge is -2.38. The fraction of sp³-hybridized carbons (Fsp3) is 0.421. The van der Waals surface area contributed by atoms with E-state index in [9.17, 15) is 9.59 Å². The van der Waals surface area contributed by atoms with E-state index in [2.05, 4.69) is 24.7 Å². The van der Waals surface area contributed by atoms with Gasteiger partial charge in [0.2, 0.25) is 17.9 Å². The largest absolute Gasteiger partial charge is 0.366 e. The van der Waals surface area contributed by atoms with Gasteiger partial charge in [0, 0.05) is 56.9 Å². The smallest absolute Gasteiger partial charge is 0.241 e. The Bertz CT molecular complexity index is 976. The standard InChI is InChI=1S/C19H21N7O2/c1-21-14-8-13(9-14)19(28)26-6-4-25(5-7-26)16-11-23-18-17(24-16)12(10-22-18)2-3-15(20)27/h2-3,10-11,13-14H,4-9H2,(H2,20,27)(H,22,23)/b3-2+. The lowest BCUT2D eigenvalue weighted by molar-refractivity contribution is -0.138. The molecule has 9 heteroatoms. The van der Waals surface area contributed by atoms with Gasteiger partial charge in [0.15, 0.2) is 5.65 Å². The number of carbonyl (C=O) groups is 2. The maximum absolute atomic E-state index is 12.5. The fourth-order valence-corrected chi connectivity index (χ4v) is 3.66. The highest BCUT2D eigenvalue weighted by atomic mass is 16.2. The summed E-state index contributed by atoms with van der Waals surface area (Å²) in [6.45, 7) is 9.66. The molecule has 0 bridgehead atoms. The molecule has 1 aliphatic heterocycles. The highest BCUT2D eigenvalue weighted by Crippen LogP contribution is 2.32. The van der Waals surface area contributed by atoms with Gasteiger partial charge in [-0.3, -0.25) is 9.59 Å². The van der Waals surface area contributed by atoms with E-state index in [1.165, 1.54) is 6.08 Å². The first-order chi connectivity index (χ1) is 13.5. The number of carbonyl (C=O) groups excluding carboxylic acids is 2. The number of amides is 2. The first-order valence-corrected chi connectivity index (χ1v) is 9.27. The minimum atomic E-state index is -0.520. The number of hydrogen-bond acceptors (Lipinski definition) is 5. The summed E-state index contributed by atoms with van der Waals surface area (Å²) in [5, 5.41) is 0. The number of aromatic nitrogens is 3. The maximum Gasteiger partial charge on any atom is 0.241 e. The van der Waals surface area contributed by atoms with Crippen molar-refractivity contribution < 1.29 is 9.59 Å². The van der Waals surface area contributed by atoms with E-state index in [4.69, 9.17) is 12.3 Å². The molecule has 1 aliphatic carbocycles. The third kappa shape index (κ3) is 3.41. The summed E-state index contributed by atoms with van der Waals surface area (Å²) in [7, 11) is 0. The summed E-state index contributed by atoms with van der Waals surface area (Å²) in [6, 6.07) is 0.0244. The molecule has 2 amide bonds. The van der Waals surface area contributed by atoms with Crippen LogP contribution in [-0.2, 0) is 9.59 Å². The van der Waals surface area contributed by atoms with Gasteiger partial charge >= 0.3 is 0 Å². The van der Waals surface area contributed by atoms with Crippen LogP contribution in [-0.4, -0.2) is 63.9 Å². The molecule has 2 aromatic rings. The monoisotopic (exact) mass is 379 g/mol. The average molecular weight is 379 g/mol. The van der Waals surface area contributed by atoms with Crippen LogP contribution in [0.2, 0.25) is 0 Å². The number of H-pyrrole nitrogens is 1. The second-order valence-electron chi connectivity index (χ2n) is 7.17. The molecule has 9 nitrogen and oxygen atoms in total. The molecule has 3 N–H and O–H groups in total. The van der Waals surface area contributed by atoms with Crippen molar-refractivity contribution in [1.29, 1.82) is 0 Å². The van der Waals surface area contributed by atoms with Crippen molar-refractivity contribution >= 4 is 34.9 Å². The van der Waals surface area contributed by atoms with Crippen LogP contribution >= 0.6 is 0 Å². The molecular weight excluding hydrogens is 358 g/mol. The Hall–Kier alpha value is -3.41. The molecule has 28 heavy (non-hydrogen) atoms. The number of nitrogens with two attached hydrogens (primary N) is 1. The summed E-state index contributed by atoms with van der Waals surface area (Å²) in [4.78, 5) is 43.1. The van der Waals surface area contributed by atoms with Crippen molar-refractivity contribution in [2.24, 2.45) is 11.7 Å². The number of primary amides is 1. The molecule has 2 aliphatic rings. The SMILES string of the molecule is [C-]#[N+]C1CC(C(=O)N2CCN(c3cnc4[nH]cc(/C=C/C(N)=O)c4n3)CC2)C1. The number of piperazine rings is 1. The Labute approximate surface area is 162 Å². The Balaban J connectivity index is 1.42. The van der Waals surface area contributed by atoms with Crippen LogP contribution in [0.25, 0.3) is 22.1 Å². The Morgan fingerprint density at radius 1 is 1.29 bits per heavy atom. The summed E-state index contributed by atoms with van der Waals surface area (Å²) in [5.74, 6) is 0.407. The van der Waals surface area contributed by atoms with Crippen LogP contribution in [0.1, 0.15) is 18.4 Å². The van der Waals surface area contributed by atoms with Crippen LogP contribution in [0.4, 0.5) is 5.82 Å². The summed E-state index contributed by atoms with van der Waals surface area (Å²) < 4.78 is 0. The molecule has 2 fully saturated rings. The zero-order chi connectivity index (χ0) is 19.7. The molecule has 1 saturated carbocycles. The van der Waals surface area contributed by atoms with Crippen LogP contribution in [0, 0.1) is 12.5 Å². The van der Waals surface area contributed by atoms with Crippen molar-refractivity contribution in [3.05, 3.63) is 35.5 Å². The Morgan fingerprint density at radius 2 is 2.04 bits per heavy atom. The normalized spacial score (nSPS) is 22.2. The van der Waals surface area contributed by atoms with Gasteiger partial charge in [-0.05, 0) is 6.08 Å². The highest BCUT2D eigenvalue weighted by molar-refractivity contribution is 5.93. The number of rotatable bonds is 4. The van der Waals surface area contributed by atoms with E-state index in [0.29, 0.717) is 50.2 Å². The van der Waals surface area contributed by atoms with E-state index in [0.717, 1.165) is 11.4 Å². The lowest BCUT2D eigenvalue weighted by Crippen LogP contribution is -2.52. The third-order valence-corrected chi connectivity index (χ3v) is 5.39. The zero-order valence-corrected chi connectivity index (χ0v) is 15.3. The molecule has 1 saturated heterocycles. The van der Waals surface area contributed by atoms with Crippen LogP contribution in [0.15, 0.2) is 18.5 Å². The van der Waals surface area contributed by atoms with E-state index in [1.54, 1.807) is 18.5 Å². The molecule has 144 valence electrons. The van der Waals surface area contributed by atoms with Crippen molar-refractivity contribution in [1.82, 2.24) is 19.9 Å². The van der Waals surface area contributed by atoms with Gasteiger partial charge in [-0.15, -0.1) is 0 Å². The van der Waals surface area contributed by atoms with Crippen LogP contribution in [0.3, 0.4) is 0 Å². The zero-order valence-electron chi connectivity index (χ0n) is 15.3. The van der Waals surface area contributed by atoms with Crippen molar-refractivity contribution in [2.75, 3.05) is 31.1 Å². The summed E-state index contributed by atoms with van der Waals surface area (Å²) in [5.41, 5.74) is 7.22. The minimum absolute atomic E-state index is 0.0150. The quantitative estimate of drug-likeness (QED) is 0.603. The van der Waals surface area contributed by atoms with Crippen molar-refractivity contribution in [2.45, 2.75) is 18.9 Å². The molecule has 3 heterocycles. The van der Waals surface area contributed by atoms with Gasteiger partial charge in [0.05, 0.1) is 12.1 Å². The number of fused-ring (bicyclic) bond motifs is 1. The number of hydrogen-bond donors (Lipinski definition) is 2. The Morgan fingerprint density at radius 3 is 2.71 bits per heavy atom. The van der Waals surface area contributed by atoms with Crippen molar-refractivity contribution in [3.8, 4) is 0 Å². The van der Waals surface area contributed by atoms with Gasteiger partial charge < -0.3 is 25.4 Å². The molecule has 0 atom stereocenters. The fourth-order valence-electron chi connectivity index (χ4n) is 3.66. The predicted molar refractivity (Wildman–Crippen MR) is 104 cm³/mol. The highest BCUT2D eigenvalue weighted by Gasteiger charge is 2.41. The van der Waals surface area contributed by atoms with E-state index < -0.39 is 5.91 Å². The van der Waals surface area contributed by atoms with Gasteiger partial charge in [-0.2, -0.15) is 0 Å². The molecule has 0 unspecified atom stereocenters. The van der Waals surface area contributed by atoms with E-state index in [-0.39, 0.29) is 17.9 Å². The van der Waals surface area contributed by atoms with Gasteiger partial charge in [0.1, 0.15) is 11.3 Å². The van der Waals surface area contributed by atoms with Gasteiger partial charge in [0.25, 0.3) is 0 Å². The maximum atomic E-state index is 12.5.